The summed E-state index contributed by atoms with van der Waals surface area (Å²) in [7, 11) is -5.77. The van der Waals surface area contributed by atoms with Crippen LogP contribution in [-0.2, 0) is 26.3 Å². The van der Waals surface area contributed by atoms with E-state index in [1.807, 2.05) is 30.3 Å². The van der Waals surface area contributed by atoms with Gasteiger partial charge in [0.05, 0.1) is 10.8 Å². The highest BCUT2D eigenvalue weighted by molar-refractivity contribution is 7.85. The predicted octanol–water partition coefficient (Wildman–Crippen LogP) is 0.593. The molecule has 0 aromatic heterocycles. The van der Waals surface area contributed by atoms with Crippen LogP contribution in [0.3, 0.4) is 0 Å². The lowest BCUT2D eigenvalue weighted by Crippen LogP contribution is -2.56. The molecule has 0 saturated carbocycles. The van der Waals surface area contributed by atoms with E-state index in [4.69, 9.17) is 16.0 Å². The van der Waals surface area contributed by atoms with Crippen molar-refractivity contribution in [3.05, 3.63) is 66.2 Å². The van der Waals surface area contributed by atoms with Gasteiger partial charge in [0.1, 0.15) is 5.41 Å². The van der Waals surface area contributed by atoms with E-state index in [1.165, 1.54) is 12.1 Å². The molecule has 0 spiro atoms. The molecule has 0 unspecified atom stereocenters. The largest absolute Gasteiger partial charge is 0.475 e. The number of rotatable bonds is 13. The molecule has 0 aliphatic heterocycles. The standard InChI is InChI=1S/C19H32BN5O4.C6H6O3S/c1-3-19(4-2,16(26)24-13-14-9-6-5-7-10-14)17(27)25-15(20(28)29)11-8-12-23-18(21)22;7-10(8,9)6-4-2-1-3-5-6/h5-7,9-10,15,28-29H,3-4,8,11-13H2,1-2H3,(H,24,26)(H,25,27)(H4,21,22,23);1-5H,(H,7,8,9)/t15-;/m0./s1. The maximum Gasteiger partial charge on any atom is 0.475 e. The van der Waals surface area contributed by atoms with Gasteiger partial charge in [0, 0.05) is 13.1 Å². The summed E-state index contributed by atoms with van der Waals surface area (Å²) in [5.41, 5.74) is 10.1. The van der Waals surface area contributed by atoms with Crippen molar-refractivity contribution in [2.45, 2.75) is 56.9 Å². The summed E-state index contributed by atoms with van der Waals surface area (Å²) < 4.78 is 29.2. The molecule has 0 radical (unpaired) electrons. The van der Waals surface area contributed by atoms with Crippen LogP contribution in [0.1, 0.15) is 45.1 Å². The van der Waals surface area contributed by atoms with Gasteiger partial charge in [-0.2, -0.15) is 8.42 Å². The van der Waals surface area contributed by atoms with Crippen LogP contribution < -0.4 is 22.1 Å². The minimum atomic E-state index is -4.00. The number of hydrogen-bond acceptors (Lipinski definition) is 7. The van der Waals surface area contributed by atoms with Gasteiger partial charge in [-0.05, 0) is 43.4 Å². The Balaban J connectivity index is 0.000000633. The van der Waals surface area contributed by atoms with Gasteiger partial charge in [-0.25, -0.2) is 0 Å². The summed E-state index contributed by atoms with van der Waals surface area (Å²) in [6.07, 6.45) is 1.23. The molecule has 2 aromatic carbocycles. The Morgan fingerprint density at radius 1 is 0.974 bits per heavy atom. The second-order valence-corrected chi connectivity index (χ2v) is 10.1. The highest BCUT2D eigenvalue weighted by atomic mass is 32.2. The fourth-order valence-electron chi connectivity index (χ4n) is 3.66. The van der Waals surface area contributed by atoms with Gasteiger partial charge >= 0.3 is 7.12 Å². The zero-order chi connectivity index (χ0) is 29.5. The molecule has 0 saturated heterocycles. The fraction of sp³-hybridized carbons (Fsp3) is 0.400. The van der Waals surface area contributed by atoms with Crippen LogP contribution in [0.15, 0.2) is 70.6 Å². The van der Waals surface area contributed by atoms with E-state index < -0.39 is 40.4 Å². The zero-order valence-corrected chi connectivity index (χ0v) is 23.0. The van der Waals surface area contributed by atoms with Gasteiger partial charge in [0.25, 0.3) is 10.1 Å². The number of nitrogens with two attached hydrogens (primary N) is 2. The van der Waals surface area contributed by atoms with Crippen LogP contribution in [0.25, 0.3) is 0 Å². The molecule has 0 heterocycles. The normalized spacial score (nSPS) is 11.8. The van der Waals surface area contributed by atoms with Crippen LogP contribution in [0.5, 0.6) is 0 Å². The average molecular weight is 563 g/mol. The molecule has 0 aliphatic rings. The van der Waals surface area contributed by atoms with E-state index >= 15 is 0 Å². The van der Waals surface area contributed by atoms with Crippen LogP contribution >= 0.6 is 0 Å². The van der Waals surface area contributed by atoms with E-state index in [2.05, 4.69) is 15.6 Å². The Labute approximate surface area is 229 Å². The van der Waals surface area contributed by atoms with Gasteiger partial charge in [-0.3, -0.25) is 19.1 Å². The number of carbonyl (C=O) groups excluding carboxylic acids is 2. The van der Waals surface area contributed by atoms with E-state index in [0.29, 0.717) is 19.5 Å². The van der Waals surface area contributed by atoms with Crippen LogP contribution in [0, 0.1) is 5.41 Å². The molecule has 1 atom stereocenters. The van der Waals surface area contributed by atoms with E-state index in [-0.39, 0.29) is 30.1 Å². The molecule has 39 heavy (non-hydrogen) atoms. The third-order valence-corrected chi connectivity index (χ3v) is 6.93. The first-order valence-corrected chi connectivity index (χ1v) is 13.9. The quantitative estimate of drug-likeness (QED) is 0.0452. The number of aliphatic imine (C=N–C) groups is 1. The number of amides is 2. The predicted molar refractivity (Wildman–Crippen MR) is 150 cm³/mol. The van der Waals surface area contributed by atoms with E-state index in [9.17, 15) is 28.1 Å². The third-order valence-electron chi connectivity index (χ3n) is 6.06. The smallest absolute Gasteiger partial charge is 0.426 e. The topological polar surface area (TPSA) is 217 Å². The first kappa shape index (κ1) is 33.6. The molecule has 0 aliphatic carbocycles. The summed E-state index contributed by atoms with van der Waals surface area (Å²) in [6.45, 7) is 4.12. The number of nitrogens with zero attached hydrogens (tertiary/aromatic N) is 1. The Hall–Kier alpha value is -3.46. The lowest BCUT2D eigenvalue weighted by atomic mass is 9.74. The Morgan fingerprint density at radius 3 is 1.95 bits per heavy atom. The fourth-order valence-corrected chi connectivity index (χ4v) is 4.16. The molecule has 14 heteroatoms. The summed E-state index contributed by atoms with van der Waals surface area (Å²) in [5.74, 6) is -1.92. The highest BCUT2D eigenvalue weighted by Gasteiger charge is 2.44. The molecular formula is C25H38BN5O7S. The van der Waals surface area contributed by atoms with Crippen molar-refractivity contribution in [3.8, 4) is 0 Å². The van der Waals surface area contributed by atoms with Crippen molar-refractivity contribution in [1.82, 2.24) is 10.6 Å². The first-order chi connectivity index (χ1) is 18.4. The Kier molecular flexibility index (Phi) is 14.2. The Morgan fingerprint density at radius 2 is 1.51 bits per heavy atom. The maximum atomic E-state index is 13.0. The zero-order valence-electron chi connectivity index (χ0n) is 22.2. The van der Waals surface area contributed by atoms with Crippen LogP contribution in [-0.4, -0.2) is 60.4 Å². The van der Waals surface area contributed by atoms with Crippen LogP contribution in [0.2, 0.25) is 0 Å². The molecule has 2 rings (SSSR count). The van der Waals surface area contributed by atoms with Crippen molar-refractivity contribution in [1.29, 1.82) is 0 Å². The second-order valence-electron chi connectivity index (χ2n) is 8.69. The molecule has 0 bridgehead atoms. The van der Waals surface area contributed by atoms with Crippen molar-refractivity contribution in [2.24, 2.45) is 21.9 Å². The lowest BCUT2D eigenvalue weighted by Gasteiger charge is -2.31. The lowest BCUT2D eigenvalue weighted by molar-refractivity contribution is -0.144. The summed E-state index contributed by atoms with van der Waals surface area (Å²) in [5, 5.41) is 24.7. The minimum Gasteiger partial charge on any atom is -0.426 e. The van der Waals surface area contributed by atoms with Gasteiger partial charge in [0.15, 0.2) is 5.96 Å². The van der Waals surface area contributed by atoms with Crippen LogP contribution in [0.4, 0.5) is 0 Å². The minimum absolute atomic E-state index is 0.0544. The SMILES string of the molecule is CCC(CC)(C(=O)NCc1ccccc1)C(=O)N[C@@H](CCCN=C(N)N)B(O)O.O=S(=O)(O)c1ccccc1. The monoisotopic (exact) mass is 563 g/mol. The summed E-state index contributed by atoms with van der Waals surface area (Å²) in [4.78, 5) is 29.6. The number of carbonyl (C=O) groups is 2. The molecule has 214 valence electrons. The third kappa shape index (κ3) is 11.4. The van der Waals surface area contributed by atoms with Crippen molar-refractivity contribution in [2.75, 3.05) is 6.54 Å². The Bertz CT molecular complexity index is 1160. The molecule has 0 fully saturated rings. The number of benzene rings is 2. The van der Waals surface area contributed by atoms with Crippen molar-refractivity contribution in [3.63, 3.8) is 0 Å². The molecular weight excluding hydrogens is 525 g/mol. The number of nitrogens with one attached hydrogen (secondary N) is 2. The number of hydrogen-bond donors (Lipinski definition) is 7. The van der Waals surface area contributed by atoms with Gasteiger partial charge < -0.3 is 32.1 Å². The molecule has 2 amide bonds. The van der Waals surface area contributed by atoms with E-state index in [1.54, 1.807) is 32.0 Å². The first-order valence-electron chi connectivity index (χ1n) is 12.4. The second kappa shape index (κ2) is 16.5. The molecule has 2 aromatic rings. The van der Waals surface area contributed by atoms with Gasteiger partial charge in [0.2, 0.25) is 11.8 Å². The van der Waals surface area contributed by atoms with Gasteiger partial charge in [-0.1, -0.05) is 62.4 Å². The molecule has 12 nitrogen and oxygen atoms in total. The summed E-state index contributed by atoms with van der Waals surface area (Å²) in [6, 6.07) is 16.8. The number of guanidine groups is 1. The van der Waals surface area contributed by atoms with E-state index in [0.717, 1.165) is 5.56 Å². The molecule has 9 N–H and O–H groups in total. The highest BCUT2D eigenvalue weighted by Crippen LogP contribution is 2.28. The summed E-state index contributed by atoms with van der Waals surface area (Å²) >= 11 is 0. The maximum absolute atomic E-state index is 13.0. The average Bonchev–Trinajstić information content (AvgIpc) is 2.91. The van der Waals surface area contributed by atoms with Gasteiger partial charge in [-0.15, -0.1) is 0 Å². The van der Waals surface area contributed by atoms with Crippen molar-refractivity contribution < 1.29 is 32.6 Å². The van der Waals surface area contributed by atoms with Crippen molar-refractivity contribution >= 4 is 35.0 Å².